The lowest BCUT2D eigenvalue weighted by atomic mass is 10.1. The molecule has 0 fully saturated rings. The van der Waals surface area contributed by atoms with Gasteiger partial charge in [0.2, 0.25) is 10.1 Å². The SMILES string of the molecule is Fc1cc(CNc2nn3cc(-c4ccc(Cl)cc4)nc3s2)c2c(c1)COCO2. The van der Waals surface area contributed by atoms with Crippen molar-refractivity contribution < 1.29 is 13.9 Å². The van der Waals surface area contributed by atoms with Crippen molar-refractivity contribution in [3.05, 3.63) is 64.6 Å². The zero-order valence-corrected chi connectivity index (χ0v) is 16.1. The number of imidazole rings is 1. The number of nitrogens with one attached hydrogen (secondary N) is 1. The summed E-state index contributed by atoms with van der Waals surface area (Å²) >= 11 is 7.35. The van der Waals surface area contributed by atoms with E-state index in [-0.39, 0.29) is 12.6 Å². The van der Waals surface area contributed by atoms with E-state index < -0.39 is 0 Å². The molecule has 0 saturated heterocycles. The minimum Gasteiger partial charge on any atom is -0.467 e. The summed E-state index contributed by atoms with van der Waals surface area (Å²) in [7, 11) is 0. The van der Waals surface area contributed by atoms with Crippen LogP contribution in [0.3, 0.4) is 0 Å². The Labute approximate surface area is 168 Å². The predicted molar refractivity (Wildman–Crippen MR) is 105 cm³/mol. The minimum atomic E-state index is -0.314. The molecule has 0 unspecified atom stereocenters. The fraction of sp³-hybridized carbons (Fsp3) is 0.158. The fourth-order valence-electron chi connectivity index (χ4n) is 3.09. The summed E-state index contributed by atoms with van der Waals surface area (Å²) in [5, 5.41) is 9.10. The number of hydrogen-bond donors (Lipinski definition) is 1. The molecule has 28 heavy (non-hydrogen) atoms. The summed E-state index contributed by atoms with van der Waals surface area (Å²) < 4.78 is 26.3. The van der Waals surface area contributed by atoms with Gasteiger partial charge < -0.3 is 14.8 Å². The van der Waals surface area contributed by atoms with Gasteiger partial charge in [0.05, 0.1) is 18.5 Å². The maximum Gasteiger partial charge on any atom is 0.214 e. The molecule has 1 aliphatic heterocycles. The lowest BCUT2D eigenvalue weighted by Gasteiger charge is -2.20. The van der Waals surface area contributed by atoms with E-state index in [4.69, 9.17) is 21.1 Å². The Morgan fingerprint density at radius 1 is 1.25 bits per heavy atom. The van der Waals surface area contributed by atoms with Crippen LogP contribution in [-0.2, 0) is 17.9 Å². The Morgan fingerprint density at radius 2 is 2.11 bits per heavy atom. The number of aromatic nitrogens is 3. The molecule has 0 atom stereocenters. The molecule has 2 aromatic carbocycles. The van der Waals surface area contributed by atoms with Crippen molar-refractivity contribution in [3.63, 3.8) is 0 Å². The van der Waals surface area contributed by atoms with Crippen LogP contribution < -0.4 is 10.1 Å². The number of fused-ring (bicyclic) bond motifs is 2. The van der Waals surface area contributed by atoms with E-state index in [1.807, 2.05) is 30.5 Å². The number of hydrogen-bond acceptors (Lipinski definition) is 6. The summed E-state index contributed by atoms with van der Waals surface area (Å²) in [6.07, 6.45) is 1.87. The van der Waals surface area contributed by atoms with Gasteiger partial charge in [0.15, 0.2) is 6.79 Å². The van der Waals surface area contributed by atoms with E-state index in [0.29, 0.717) is 34.6 Å². The number of nitrogens with zero attached hydrogens (tertiary/aromatic N) is 3. The van der Waals surface area contributed by atoms with Crippen LogP contribution in [0.1, 0.15) is 11.1 Å². The summed E-state index contributed by atoms with van der Waals surface area (Å²) in [6.45, 7) is 0.906. The van der Waals surface area contributed by atoms with Crippen molar-refractivity contribution in [2.75, 3.05) is 12.1 Å². The first-order chi connectivity index (χ1) is 13.7. The van der Waals surface area contributed by atoms with Crippen molar-refractivity contribution in [3.8, 4) is 17.0 Å². The van der Waals surface area contributed by atoms with Gasteiger partial charge in [-0.15, -0.1) is 5.10 Å². The van der Waals surface area contributed by atoms with Crippen molar-refractivity contribution in [2.24, 2.45) is 0 Å². The lowest BCUT2D eigenvalue weighted by Crippen LogP contribution is -2.14. The third kappa shape index (κ3) is 3.30. The highest BCUT2D eigenvalue weighted by molar-refractivity contribution is 7.20. The smallest absolute Gasteiger partial charge is 0.214 e. The van der Waals surface area contributed by atoms with Crippen LogP contribution in [0.2, 0.25) is 5.02 Å². The van der Waals surface area contributed by atoms with Crippen LogP contribution in [0.25, 0.3) is 16.2 Å². The summed E-state index contributed by atoms with van der Waals surface area (Å²) in [6, 6.07) is 10.4. The van der Waals surface area contributed by atoms with E-state index in [9.17, 15) is 4.39 Å². The lowest BCUT2D eigenvalue weighted by molar-refractivity contribution is -0.0172. The van der Waals surface area contributed by atoms with E-state index in [1.165, 1.54) is 23.5 Å². The Morgan fingerprint density at radius 3 is 2.93 bits per heavy atom. The van der Waals surface area contributed by atoms with Crippen molar-refractivity contribution in [1.29, 1.82) is 0 Å². The highest BCUT2D eigenvalue weighted by Crippen LogP contribution is 2.31. The standard InChI is InChI=1S/C19H14ClFN4O2S/c20-14-3-1-11(2-4-14)16-8-25-19(23-16)28-18(24-25)22-7-12-5-15(21)6-13-9-26-10-27-17(12)13/h1-6,8H,7,9-10H2,(H,22,24). The molecule has 0 spiro atoms. The summed E-state index contributed by atoms with van der Waals surface area (Å²) in [5.74, 6) is 0.359. The van der Waals surface area contributed by atoms with Crippen molar-refractivity contribution in [2.45, 2.75) is 13.2 Å². The van der Waals surface area contributed by atoms with Gasteiger partial charge >= 0.3 is 0 Å². The molecule has 0 radical (unpaired) electrons. The molecule has 1 aliphatic rings. The topological polar surface area (TPSA) is 60.7 Å². The first-order valence-corrected chi connectivity index (χ1v) is 9.73. The third-order valence-corrected chi connectivity index (χ3v) is 5.50. The van der Waals surface area contributed by atoms with Crippen LogP contribution in [0.5, 0.6) is 5.75 Å². The second kappa shape index (κ2) is 7.05. The van der Waals surface area contributed by atoms with Gasteiger partial charge in [-0.25, -0.2) is 13.9 Å². The van der Waals surface area contributed by atoms with Crippen molar-refractivity contribution >= 4 is 33.0 Å². The fourth-order valence-corrected chi connectivity index (χ4v) is 3.99. The van der Waals surface area contributed by atoms with Gasteiger partial charge in [0, 0.05) is 28.3 Å². The molecular formula is C19H14ClFN4O2S. The maximum atomic E-state index is 13.9. The normalized spacial score (nSPS) is 13.4. The molecule has 0 amide bonds. The number of halogens is 2. The number of benzene rings is 2. The molecule has 0 saturated carbocycles. The molecule has 6 nitrogen and oxygen atoms in total. The summed E-state index contributed by atoms with van der Waals surface area (Å²) in [4.78, 5) is 5.37. The summed E-state index contributed by atoms with van der Waals surface area (Å²) in [5.41, 5.74) is 3.24. The highest BCUT2D eigenvalue weighted by atomic mass is 35.5. The molecule has 0 bridgehead atoms. The van der Waals surface area contributed by atoms with Crippen LogP contribution >= 0.6 is 22.9 Å². The van der Waals surface area contributed by atoms with Gasteiger partial charge in [-0.05, 0) is 24.3 Å². The van der Waals surface area contributed by atoms with Crippen LogP contribution in [-0.4, -0.2) is 21.4 Å². The second-order valence-corrected chi connectivity index (χ2v) is 7.68. The molecule has 0 aliphatic carbocycles. The Bertz CT molecular complexity index is 1130. The average molecular weight is 417 g/mol. The van der Waals surface area contributed by atoms with E-state index in [0.717, 1.165) is 21.8 Å². The Hall–Kier alpha value is -2.68. The average Bonchev–Trinajstić information content (AvgIpc) is 3.25. The van der Waals surface area contributed by atoms with Gasteiger partial charge in [0.25, 0.3) is 0 Å². The molecule has 4 aromatic rings. The minimum absolute atomic E-state index is 0.171. The monoisotopic (exact) mass is 416 g/mol. The molecule has 1 N–H and O–H groups in total. The van der Waals surface area contributed by atoms with E-state index in [2.05, 4.69) is 15.4 Å². The molecule has 2 aromatic heterocycles. The van der Waals surface area contributed by atoms with Crippen LogP contribution in [0, 0.1) is 5.82 Å². The Kier molecular flexibility index (Phi) is 4.38. The van der Waals surface area contributed by atoms with Crippen LogP contribution in [0.4, 0.5) is 9.52 Å². The highest BCUT2D eigenvalue weighted by Gasteiger charge is 2.17. The quantitative estimate of drug-likeness (QED) is 0.521. The van der Waals surface area contributed by atoms with E-state index in [1.54, 1.807) is 4.52 Å². The zero-order valence-electron chi connectivity index (χ0n) is 14.5. The maximum absolute atomic E-state index is 13.9. The Balaban J connectivity index is 1.36. The van der Waals surface area contributed by atoms with Gasteiger partial charge in [-0.2, -0.15) is 0 Å². The van der Waals surface area contributed by atoms with Crippen LogP contribution in [0.15, 0.2) is 42.6 Å². The molecule has 9 heteroatoms. The second-order valence-electron chi connectivity index (χ2n) is 6.28. The number of rotatable bonds is 4. The third-order valence-electron chi connectivity index (χ3n) is 4.36. The molecule has 142 valence electrons. The van der Waals surface area contributed by atoms with Gasteiger partial charge in [-0.3, -0.25) is 0 Å². The zero-order chi connectivity index (χ0) is 19.1. The molecular weight excluding hydrogens is 403 g/mol. The van der Waals surface area contributed by atoms with Gasteiger partial charge in [0.1, 0.15) is 11.6 Å². The largest absolute Gasteiger partial charge is 0.467 e. The van der Waals surface area contributed by atoms with Crippen molar-refractivity contribution in [1.82, 2.24) is 14.6 Å². The first kappa shape index (κ1) is 17.4. The van der Waals surface area contributed by atoms with E-state index >= 15 is 0 Å². The first-order valence-electron chi connectivity index (χ1n) is 8.53. The predicted octanol–water partition coefficient (Wildman–Crippen LogP) is 4.73. The van der Waals surface area contributed by atoms with Gasteiger partial charge in [-0.1, -0.05) is 35.1 Å². The molecule has 5 rings (SSSR count). The number of ether oxygens (including phenoxy) is 2. The number of anilines is 1. The molecule has 3 heterocycles.